The molecule has 2 heteroatoms. The summed E-state index contributed by atoms with van der Waals surface area (Å²) in [5.41, 5.74) is 0. The Morgan fingerprint density at radius 1 is 1.15 bits per heavy atom. The maximum Gasteiger partial charge on any atom is 0.0279 e. The molecule has 0 aromatic rings. The second-order valence-electron chi connectivity index (χ2n) is 4.27. The first-order chi connectivity index (χ1) is 6.36. The Hall–Kier alpha value is -0.340. The second kappa shape index (κ2) is 4.25. The molecule has 0 amide bonds. The lowest BCUT2D eigenvalue weighted by atomic mass is 10.0. The first kappa shape index (κ1) is 9.22. The van der Waals surface area contributed by atoms with Gasteiger partial charge in [-0.2, -0.15) is 0 Å². The highest BCUT2D eigenvalue weighted by Crippen LogP contribution is 2.17. The zero-order chi connectivity index (χ0) is 9.10. The molecule has 13 heavy (non-hydrogen) atoms. The van der Waals surface area contributed by atoms with Gasteiger partial charge >= 0.3 is 0 Å². The average molecular weight is 180 g/mol. The van der Waals surface area contributed by atoms with Crippen LogP contribution in [0.1, 0.15) is 19.3 Å². The Morgan fingerprint density at radius 3 is 2.54 bits per heavy atom. The van der Waals surface area contributed by atoms with Gasteiger partial charge in [0, 0.05) is 32.2 Å². The summed E-state index contributed by atoms with van der Waals surface area (Å²) in [5.74, 6) is 0. The minimum atomic E-state index is 0.752. The van der Waals surface area contributed by atoms with Gasteiger partial charge in [0.2, 0.25) is 0 Å². The molecule has 2 nitrogen and oxygen atoms in total. The molecule has 0 N–H and O–H groups in total. The molecule has 1 atom stereocenters. The molecule has 1 aliphatic heterocycles. The molecule has 1 heterocycles. The quantitative estimate of drug-likeness (QED) is 0.562. The Kier molecular flexibility index (Phi) is 3.01. The van der Waals surface area contributed by atoms with Crippen molar-refractivity contribution in [3.05, 3.63) is 12.2 Å². The minimum Gasteiger partial charge on any atom is -0.304 e. The standard InChI is InChI=1S/C11H20N2/c1-12-7-9-13(10-8-12)11-5-3-2-4-6-11/h3,5,11H,2,4,6-10H2,1H3. The summed E-state index contributed by atoms with van der Waals surface area (Å²) in [6, 6.07) is 0.752. The molecule has 1 aliphatic carbocycles. The number of allylic oxidation sites excluding steroid dienone is 1. The first-order valence-electron chi connectivity index (χ1n) is 5.45. The number of hydrogen-bond acceptors (Lipinski definition) is 2. The monoisotopic (exact) mass is 180 g/mol. The van der Waals surface area contributed by atoms with Crippen LogP contribution in [-0.2, 0) is 0 Å². The van der Waals surface area contributed by atoms with Crippen LogP contribution in [-0.4, -0.2) is 49.1 Å². The van der Waals surface area contributed by atoms with Gasteiger partial charge in [0.15, 0.2) is 0 Å². The van der Waals surface area contributed by atoms with Crippen molar-refractivity contribution in [2.24, 2.45) is 0 Å². The van der Waals surface area contributed by atoms with E-state index in [1.165, 1.54) is 45.4 Å². The van der Waals surface area contributed by atoms with Crippen molar-refractivity contribution in [2.75, 3.05) is 33.2 Å². The molecule has 0 saturated carbocycles. The molecule has 0 radical (unpaired) electrons. The second-order valence-corrected chi connectivity index (χ2v) is 4.27. The van der Waals surface area contributed by atoms with E-state index in [1.54, 1.807) is 0 Å². The Labute approximate surface area is 81.2 Å². The van der Waals surface area contributed by atoms with E-state index in [2.05, 4.69) is 29.0 Å². The molecule has 0 aromatic carbocycles. The van der Waals surface area contributed by atoms with Crippen LogP contribution in [0.4, 0.5) is 0 Å². The number of nitrogens with zero attached hydrogens (tertiary/aromatic N) is 2. The van der Waals surface area contributed by atoms with E-state index in [4.69, 9.17) is 0 Å². The van der Waals surface area contributed by atoms with Crippen LogP contribution < -0.4 is 0 Å². The summed E-state index contributed by atoms with van der Waals surface area (Å²) in [5, 5.41) is 0. The molecular formula is C11H20N2. The van der Waals surface area contributed by atoms with Gasteiger partial charge in [-0.25, -0.2) is 0 Å². The van der Waals surface area contributed by atoms with Crippen LogP contribution in [0.2, 0.25) is 0 Å². The number of rotatable bonds is 1. The lowest BCUT2D eigenvalue weighted by molar-refractivity contribution is 0.123. The van der Waals surface area contributed by atoms with Gasteiger partial charge in [0.1, 0.15) is 0 Å². The molecular weight excluding hydrogens is 160 g/mol. The highest BCUT2D eigenvalue weighted by Gasteiger charge is 2.20. The summed E-state index contributed by atoms with van der Waals surface area (Å²) < 4.78 is 0. The number of piperazine rings is 1. The molecule has 2 rings (SSSR count). The first-order valence-corrected chi connectivity index (χ1v) is 5.45. The van der Waals surface area contributed by atoms with Gasteiger partial charge in [-0.3, -0.25) is 4.90 Å². The Balaban J connectivity index is 1.86. The van der Waals surface area contributed by atoms with E-state index in [1.807, 2.05) is 0 Å². The van der Waals surface area contributed by atoms with E-state index in [0.717, 1.165) is 6.04 Å². The van der Waals surface area contributed by atoms with Crippen LogP contribution in [0, 0.1) is 0 Å². The molecule has 1 unspecified atom stereocenters. The van der Waals surface area contributed by atoms with Gasteiger partial charge in [-0.1, -0.05) is 12.2 Å². The van der Waals surface area contributed by atoms with Gasteiger partial charge in [0.25, 0.3) is 0 Å². The SMILES string of the molecule is CN1CCN(C2C=CCCC2)CC1. The highest BCUT2D eigenvalue weighted by molar-refractivity contribution is 4.99. The van der Waals surface area contributed by atoms with Crippen LogP contribution in [0.5, 0.6) is 0 Å². The Morgan fingerprint density at radius 2 is 1.92 bits per heavy atom. The number of hydrogen-bond donors (Lipinski definition) is 0. The largest absolute Gasteiger partial charge is 0.304 e. The third kappa shape index (κ3) is 2.32. The van der Waals surface area contributed by atoms with Crippen molar-refractivity contribution in [3.8, 4) is 0 Å². The van der Waals surface area contributed by atoms with Crippen LogP contribution >= 0.6 is 0 Å². The lowest BCUT2D eigenvalue weighted by Gasteiger charge is -2.37. The van der Waals surface area contributed by atoms with Crippen LogP contribution in [0.3, 0.4) is 0 Å². The Bertz CT molecular complexity index is 181. The zero-order valence-electron chi connectivity index (χ0n) is 8.58. The third-order valence-corrected chi connectivity index (χ3v) is 3.24. The molecule has 2 aliphatic rings. The summed E-state index contributed by atoms with van der Waals surface area (Å²) in [7, 11) is 2.22. The maximum atomic E-state index is 2.63. The van der Waals surface area contributed by atoms with E-state index in [9.17, 15) is 0 Å². The third-order valence-electron chi connectivity index (χ3n) is 3.24. The molecule has 0 spiro atoms. The number of likely N-dealkylation sites (N-methyl/N-ethyl adjacent to an activating group) is 1. The maximum absolute atomic E-state index is 2.63. The summed E-state index contributed by atoms with van der Waals surface area (Å²) in [6.07, 6.45) is 8.82. The molecule has 0 bridgehead atoms. The van der Waals surface area contributed by atoms with Crippen LogP contribution in [0.25, 0.3) is 0 Å². The van der Waals surface area contributed by atoms with E-state index >= 15 is 0 Å². The van der Waals surface area contributed by atoms with Crippen molar-refractivity contribution in [1.29, 1.82) is 0 Å². The van der Waals surface area contributed by atoms with Crippen LogP contribution in [0.15, 0.2) is 12.2 Å². The van der Waals surface area contributed by atoms with Gasteiger partial charge in [-0.05, 0) is 26.3 Å². The van der Waals surface area contributed by atoms with Crippen molar-refractivity contribution in [2.45, 2.75) is 25.3 Å². The fraction of sp³-hybridized carbons (Fsp3) is 0.818. The molecule has 0 aromatic heterocycles. The van der Waals surface area contributed by atoms with Crippen molar-refractivity contribution in [1.82, 2.24) is 9.80 Å². The highest BCUT2D eigenvalue weighted by atomic mass is 15.3. The van der Waals surface area contributed by atoms with Gasteiger partial charge in [-0.15, -0.1) is 0 Å². The van der Waals surface area contributed by atoms with Gasteiger partial charge in [0.05, 0.1) is 0 Å². The average Bonchev–Trinajstić information content (AvgIpc) is 2.20. The molecule has 1 saturated heterocycles. The minimum absolute atomic E-state index is 0.752. The van der Waals surface area contributed by atoms with Crippen molar-refractivity contribution >= 4 is 0 Å². The van der Waals surface area contributed by atoms with Crippen molar-refractivity contribution in [3.63, 3.8) is 0 Å². The van der Waals surface area contributed by atoms with E-state index in [-0.39, 0.29) is 0 Å². The van der Waals surface area contributed by atoms with E-state index < -0.39 is 0 Å². The zero-order valence-corrected chi connectivity index (χ0v) is 8.58. The van der Waals surface area contributed by atoms with E-state index in [0.29, 0.717) is 0 Å². The molecule has 1 fully saturated rings. The normalized spacial score (nSPS) is 32.2. The summed E-state index contributed by atoms with van der Waals surface area (Å²) in [4.78, 5) is 5.05. The topological polar surface area (TPSA) is 6.48 Å². The van der Waals surface area contributed by atoms with Gasteiger partial charge < -0.3 is 4.90 Å². The molecule has 74 valence electrons. The summed E-state index contributed by atoms with van der Waals surface area (Å²) >= 11 is 0. The predicted octanol–water partition coefficient (Wildman–Crippen LogP) is 1.34. The van der Waals surface area contributed by atoms with Crippen molar-refractivity contribution < 1.29 is 0 Å². The summed E-state index contributed by atoms with van der Waals surface area (Å²) in [6.45, 7) is 4.99. The fourth-order valence-electron chi connectivity index (χ4n) is 2.25. The lowest BCUT2D eigenvalue weighted by Crippen LogP contribution is -2.48. The fourth-order valence-corrected chi connectivity index (χ4v) is 2.25. The predicted molar refractivity (Wildman–Crippen MR) is 55.8 cm³/mol. The smallest absolute Gasteiger partial charge is 0.0279 e.